The van der Waals surface area contributed by atoms with Crippen LogP contribution in [-0.2, 0) is 0 Å². The third-order valence-electron chi connectivity index (χ3n) is 1.30. The summed E-state index contributed by atoms with van der Waals surface area (Å²) in [5.41, 5.74) is 6.24. The fraction of sp³-hybridized carbons (Fsp3) is 0.750. The zero-order valence-electron chi connectivity index (χ0n) is 7.22. The minimum atomic E-state index is 0.567. The van der Waals surface area contributed by atoms with Crippen molar-refractivity contribution in [2.75, 3.05) is 0 Å². The summed E-state index contributed by atoms with van der Waals surface area (Å²) in [6, 6.07) is 0. The molecule has 0 saturated carbocycles. The predicted molar refractivity (Wildman–Crippen MR) is 48.2 cm³/mol. The Hall–Kier alpha value is -0.395. The summed E-state index contributed by atoms with van der Waals surface area (Å²) in [4.78, 5) is 0. The molecule has 2 heteroatoms. The van der Waals surface area contributed by atoms with Crippen LogP contribution in [0, 0.1) is 0 Å². The van der Waals surface area contributed by atoms with Crippen LogP contribution in [0.3, 0.4) is 0 Å². The molecule has 0 aromatic heterocycles. The van der Waals surface area contributed by atoms with E-state index in [0.717, 1.165) is 12.1 Å². The number of hydrogen-bond acceptors (Lipinski definition) is 1. The Labute approximate surface area is 64.9 Å². The highest BCUT2D eigenvalue weighted by molar-refractivity contribution is 6.39. The first-order valence-electron chi connectivity index (χ1n) is 3.80. The smallest absolute Gasteiger partial charge is 0.117 e. The molecule has 0 bridgehead atoms. The molecule has 0 amide bonds. The van der Waals surface area contributed by atoms with Crippen molar-refractivity contribution in [3.8, 4) is 0 Å². The number of rotatable bonds is 4. The van der Waals surface area contributed by atoms with Gasteiger partial charge in [0, 0.05) is 5.70 Å². The van der Waals surface area contributed by atoms with Gasteiger partial charge in [0.25, 0.3) is 0 Å². The van der Waals surface area contributed by atoms with E-state index in [-0.39, 0.29) is 0 Å². The third kappa shape index (κ3) is 5.74. The van der Waals surface area contributed by atoms with E-state index in [1.165, 1.54) is 0 Å². The second kappa shape index (κ2) is 4.43. The van der Waals surface area contributed by atoms with Crippen LogP contribution in [0.4, 0.5) is 0 Å². The molecule has 1 radical (unpaired) electrons. The van der Waals surface area contributed by atoms with Gasteiger partial charge >= 0.3 is 0 Å². The highest BCUT2D eigenvalue weighted by Gasteiger charge is 2.06. The first kappa shape index (κ1) is 9.60. The lowest BCUT2D eigenvalue weighted by Crippen LogP contribution is -2.07. The van der Waals surface area contributed by atoms with Gasteiger partial charge in [0.2, 0.25) is 0 Å². The van der Waals surface area contributed by atoms with Gasteiger partial charge in [-0.05, 0) is 6.42 Å². The van der Waals surface area contributed by atoms with Gasteiger partial charge in [-0.2, -0.15) is 0 Å². The molecule has 57 valence electrons. The van der Waals surface area contributed by atoms with Crippen molar-refractivity contribution in [1.82, 2.24) is 0 Å². The molecule has 1 nitrogen and oxygen atoms in total. The third-order valence-corrected chi connectivity index (χ3v) is 1.30. The van der Waals surface area contributed by atoms with Crippen LogP contribution in [0.2, 0.25) is 11.6 Å². The second-order valence-corrected chi connectivity index (χ2v) is 3.28. The summed E-state index contributed by atoms with van der Waals surface area (Å²) in [5.74, 6) is 1.21. The highest BCUT2D eigenvalue weighted by Crippen LogP contribution is 2.16. The van der Waals surface area contributed by atoms with E-state index >= 15 is 0 Å². The Bertz CT molecular complexity index is 110. The molecule has 0 spiro atoms. The van der Waals surface area contributed by atoms with Gasteiger partial charge in [-0.25, -0.2) is 0 Å². The lowest BCUT2D eigenvalue weighted by Gasteiger charge is -2.11. The Morgan fingerprint density at radius 2 is 2.00 bits per heavy atom. The molecular formula is C8H17BN. The maximum absolute atomic E-state index is 5.45. The maximum Gasteiger partial charge on any atom is 0.117 e. The van der Waals surface area contributed by atoms with E-state index in [0.29, 0.717) is 11.6 Å². The van der Waals surface area contributed by atoms with Crippen LogP contribution in [0.5, 0.6) is 0 Å². The molecule has 0 aliphatic carbocycles. The topological polar surface area (TPSA) is 26.0 Å². The van der Waals surface area contributed by atoms with Gasteiger partial charge in [-0.3, -0.25) is 0 Å². The normalized spacial score (nSPS) is 13.2. The average molecular weight is 138 g/mol. The zero-order chi connectivity index (χ0) is 8.15. The zero-order valence-corrected chi connectivity index (χ0v) is 7.22. The van der Waals surface area contributed by atoms with Crippen molar-refractivity contribution in [2.45, 2.75) is 38.8 Å². The summed E-state index contributed by atoms with van der Waals surface area (Å²) in [7, 11) is 2.29. The van der Waals surface area contributed by atoms with Crippen molar-refractivity contribution in [3.05, 3.63) is 12.3 Å². The summed E-state index contributed by atoms with van der Waals surface area (Å²) < 4.78 is 0. The minimum Gasteiger partial charge on any atom is -0.403 e. The Balaban J connectivity index is 3.43. The first-order chi connectivity index (χ1) is 4.52. The summed E-state index contributed by atoms with van der Waals surface area (Å²) in [6.45, 7) is 10.2. The van der Waals surface area contributed by atoms with Crippen molar-refractivity contribution in [2.24, 2.45) is 5.73 Å². The average Bonchev–Trinajstić information content (AvgIpc) is 1.58. The van der Waals surface area contributed by atoms with Crippen molar-refractivity contribution < 1.29 is 0 Å². The predicted octanol–water partition coefficient (Wildman–Crippen LogP) is 2.19. The summed E-state index contributed by atoms with van der Waals surface area (Å²) >= 11 is 0. The number of nitrogens with two attached hydrogens (primary N) is 1. The highest BCUT2D eigenvalue weighted by atomic mass is 14.6. The van der Waals surface area contributed by atoms with Gasteiger partial charge in [-0.1, -0.05) is 39.0 Å². The molecule has 0 aliphatic heterocycles. The quantitative estimate of drug-likeness (QED) is 0.592. The molecule has 10 heavy (non-hydrogen) atoms. The summed E-state index contributed by atoms with van der Waals surface area (Å²) in [6.07, 6.45) is 0.915. The molecule has 0 saturated heterocycles. The van der Waals surface area contributed by atoms with Gasteiger partial charge in [-0.15, -0.1) is 0 Å². The molecule has 0 aliphatic rings. The minimum absolute atomic E-state index is 0.567. The van der Waals surface area contributed by atoms with E-state index in [1.54, 1.807) is 0 Å². The van der Waals surface area contributed by atoms with Crippen molar-refractivity contribution in [1.29, 1.82) is 0 Å². The van der Waals surface area contributed by atoms with Crippen LogP contribution < -0.4 is 5.73 Å². The molecular weight excluding hydrogens is 121 g/mol. The second-order valence-electron chi connectivity index (χ2n) is 3.28. The molecule has 0 fully saturated rings. The Morgan fingerprint density at radius 1 is 1.50 bits per heavy atom. The molecule has 0 heterocycles. The van der Waals surface area contributed by atoms with Gasteiger partial charge in [0.05, 0.1) is 0 Å². The van der Waals surface area contributed by atoms with Gasteiger partial charge in [0.1, 0.15) is 7.28 Å². The number of allylic oxidation sites excluding steroid dienone is 1. The first-order valence-corrected chi connectivity index (χ1v) is 3.80. The fourth-order valence-corrected chi connectivity index (χ4v) is 1.14. The molecule has 0 aromatic rings. The van der Waals surface area contributed by atoms with Crippen LogP contribution in [0.25, 0.3) is 0 Å². The molecule has 0 rings (SSSR count). The monoisotopic (exact) mass is 138 g/mol. The van der Waals surface area contributed by atoms with Crippen molar-refractivity contribution >= 4 is 7.28 Å². The van der Waals surface area contributed by atoms with E-state index in [2.05, 4.69) is 34.6 Å². The molecule has 1 unspecified atom stereocenters. The molecule has 0 aromatic carbocycles. The fourth-order valence-electron chi connectivity index (χ4n) is 1.14. The van der Waals surface area contributed by atoms with Crippen LogP contribution in [-0.4, -0.2) is 7.28 Å². The van der Waals surface area contributed by atoms with Gasteiger partial charge in [0.15, 0.2) is 0 Å². The van der Waals surface area contributed by atoms with Crippen LogP contribution in [0.1, 0.15) is 27.2 Å². The number of hydrogen-bond donors (Lipinski definition) is 1. The van der Waals surface area contributed by atoms with Crippen LogP contribution >= 0.6 is 0 Å². The lowest BCUT2D eigenvalue weighted by atomic mass is 9.56. The van der Waals surface area contributed by atoms with E-state index in [4.69, 9.17) is 5.73 Å². The molecule has 1 atom stereocenters. The largest absolute Gasteiger partial charge is 0.403 e. The standard InChI is InChI=1S/C8H17BN/c1-6(2)9-7(3)5-8(4)10/h6-7H,4-5,10H2,1-3H3. The van der Waals surface area contributed by atoms with E-state index < -0.39 is 0 Å². The van der Waals surface area contributed by atoms with Gasteiger partial charge < -0.3 is 5.73 Å². The maximum atomic E-state index is 5.45. The summed E-state index contributed by atoms with van der Waals surface area (Å²) in [5, 5.41) is 0. The van der Waals surface area contributed by atoms with E-state index in [9.17, 15) is 0 Å². The SMILES string of the molecule is C=C(N)CC(C)[B]C(C)C. The Morgan fingerprint density at radius 3 is 2.30 bits per heavy atom. The van der Waals surface area contributed by atoms with Crippen molar-refractivity contribution in [3.63, 3.8) is 0 Å². The molecule has 2 N–H and O–H groups in total. The Kier molecular flexibility index (Phi) is 4.25. The van der Waals surface area contributed by atoms with E-state index in [1.807, 2.05) is 0 Å². The van der Waals surface area contributed by atoms with Crippen LogP contribution in [0.15, 0.2) is 12.3 Å². The lowest BCUT2D eigenvalue weighted by molar-refractivity contribution is 0.857.